The van der Waals surface area contributed by atoms with Gasteiger partial charge in [0.25, 0.3) is 0 Å². The molecule has 1 saturated heterocycles. The number of carboxylic acids is 1. The van der Waals surface area contributed by atoms with E-state index in [2.05, 4.69) is 53.4 Å². The normalized spacial score (nSPS) is 13.8. The van der Waals surface area contributed by atoms with Gasteiger partial charge >= 0.3 is 5.97 Å². The maximum atomic E-state index is 12.2. The minimum atomic E-state index is -1.10. The molecule has 0 unspecified atom stereocenters. The van der Waals surface area contributed by atoms with Gasteiger partial charge in [0.15, 0.2) is 0 Å². The molecule has 6 rings (SSSR count). The van der Waals surface area contributed by atoms with Crippen LogP contribution in [0.1, 0.15) is 33.6 Å². The van der Waals surface area contributed by atoms with Crippen molar-refractivity contribution in [3.63, 3.8) is 0 Å². The minimum absolute atomic E-state index is 0.0212. The third kappa shape index (κ3) is 4.87. The van der Waals surface area contributed by atoms with Crippen LogP contribution in [-0.2, 0) is 0 Å². The van der Waals surface area contributed by atoms with Crippen LogP contribution in [0, 0.1) is 0 Å². The molecular weight excluding hydrogens is 488 g/mol. The first kappa shape index (κ1) is 24.5. The number of nitrogens with two attached hydrogens (primary N) is 1. The van der Waals surface area contributed by atoms with Gasteiger partial charge in [0.05, 0.1) is 12.1 Å². The second kappa shape index (κ2) is 10.5. The highest BCUT2D eigenvalue weighted by molar-refractivity contribution is 5.99. The molecule has 0 aliphatic carbocycles. The molecule has 4 aromatic carbocycles. The summed E-state index contributed by atoms with van der Waals surface area (Å²) in [6.45, 7) is 1.39. The molecule has 0 saturated carbocycles. The predicted octanol–water partition coefficient (Wildman–Crippen LogP) is 6.27. The van der Waals surface area contributed by atoms with Crippen molar-refractivity contribution < 1.29 is 14.6 Å². The quantitative estimate of drug-likeness (QED) is 0.253. The maximum absolute atomic E-state index is 12.2. The van der Waals surface area contributed by atoms with E-state index in [1.807, 2.05) is 54.6 Å². The van der Waals surface area contributed by atoms with Crippen molar-refractivity contribution in [1.82, 2.24) is 14.7 Å². The second-order valence-electron chi connectivity index (χ2n) is 9.63. The van der Waals surface area contributed by atoms with Gasteiger partial charge in [0, 0.05) is 18.7 Å². The van der Waals surface area contributed by atoms with Gasteiger partial charge in [-0.05, 0) is 47.5 Å². The van der Waals surface area contributed by atoms with Gasteiger partial charge in [-0.1, -0.05) is 78.9 Å². The first-order valence-corrected chi connectivity index (χ1v) is 12.9. The van der Waals surface area contributed by atoms with Gasteiger partial charge in [-0.3, -0.25) is 4.90 Å². The Bertz CT molecular complexity index is 1520. The lowest BCUT2D eigenvalue weighted by Crippen LogP contribution is -2.50. The van der Waals surface area contributed by atoms with E-state index in [1.54, 1.807) is 16.8 Å². The van der Waals surface area contributed by atoms with Crippen molar-refractivity contribution in [2.24, 2.45) is 0 Å². The summed E-state index contributed by atoms with van der Waals surface area (Å²) in [5, 5.41) is 14.7. The summed E-state index contributed by atoms with van der Waals surface area (Å²) in [7, 11) is 0. The van der Waals surface area contributed by atoms with Gasteiger partial charge in [0.2, 0.25) is 0 Å². The molecule has 0 radical (unpaired) electrons. The smallest absolute Gasteiger partial charge is 0.341 e. The molecule has 1 aliphatic rings. The molecule has 2 heterocycles. The number of para-hydroxylation sites is 1. The first-order chi connectivity index (χ1) is 19.1. The predicted molar refractivity (Wildman–Crippen MR) is 151 cm³/mol. The van der Waals surface area contributed by atoms with E-state index >= 15 is 0 Å². The Balaban J connectivity index is 1.25. The van der Waals surface area contributed by atoms with Crippen LogP contribution in [0.15, 0.2) is 115 Å². The Labute approximate surface area is 226 Å². The minimum Gasteiger partial charge on any atom is -0.477 e. The van der Waals surface area contributed by atoms with Crippen LogP contribution in [0.4, 0.5) is 5.82 Å². The number of likely N-dealkylation sites (tertiary alicyclic amines) is 1. The molecule has 0 bridgehead atoms. The summed E-state index contributed by atoms with van der Waals surface area (Å²) >= 11 is 0. The first-order valence-electron chi connectivity index (χ1n) is 12.9. The van der Waals surface area contributed by atoms with Crippen molar-refractivity contribution in [3.8, 4) is 22.8 Å². The average Bonchev–Trinajstić information content (AvgIpc) is 3.29. The number of benzene rings is 4. The van der Waals surface area contributed by atoms with Crippen molar-refractivity contribution in [1.29, 1.82) is 0 Å². The molecule has 3 N–H and O–H groups in total. The van der Waals surface area contributed by atoms with Gasteiger partial charge in [0.1, 0.15) is 28.6 Å². The number of nitrogens with zero attached hydrogens (tertiary/aromatic N) is 3. The summed E-state index contributed by atoms with van der Waals surface area (Å²) in [5.41, 5.74) is 9.87. The van der Waals surface area contributed by atoms with E-state index in [0.717, 1.165) is 5.75 Å². The van der Waals surface area contributed by atoms with E-state index in [9.17, 15) is 9.90 Å². The highest BCUT2D eigenvalue weighted by atomic mass is 16.5. The highest BCUT2D eigenvalue weighted by Gasteiger charge is 2.38. The van der Waals surface area contributed by atoms with Crippen LogP contribution < -0.4 is 10.5 Å². The molecule has 1 aliphatic heterocycles. The molecule has 7 nitrogen and oxygen atoms in total. The Kier molecular flexibility index (Phi) is 6.57. The van der Waals surface area contributed by atoms with Crippen molar-refractivity contribution >= 4 is 11.8 Å². The molecule has 194 valence electrons. The van der Waals surface area contributed by atoms with Crippen LogP contribution in [-0.4, -0.2) is 38.8 Å². The highest BCUT2D eigenvalue weighted by Crippen LogP contribution is 2.38. The lowest BCUT2D eigenvalue weighted by atomic mass is 9.93. The molecule has 5 aromatic rings. The number of carbonyl (C=O) groups is 1. The van der Waals surface area contributed by atoms with Crippen LogP contribution >= 0.6 is 0 Å². The topological polar surface area (TPSA) is 93.6 Å². The number of hydrogen-bond acceptors (Lipinski definition) is 5. The molecule has 1 aromatic heterocycles. The standard InChI is InChI=1S/C32H28N4O3/c33-31-28(32(37)38)29(22-16-18-27(19-17-22)39-26-14-8-3-9-15-26)34-36(31)25-20-35(21-25)30(23-10-4-1-5-11-23)24-12-6-2-7-13-24/h1-19,25,30H,20-21,33H2,(H,37,38). The Hall–Kier alpha value is -4.88. The number of rotatable bonds is 8. The summed E-state index contributed by atoms with van der Waals surface area (Å²) in [4.78, 5) is 14.6. The number of nitrogen functional groups attached to an aromatic ring is 1. The number of carboxylic acid groups (broad SMARTS) is 1. The van der Waals surface area contributed by atoms with Crippen molar-refractivity contribution in [2.75, 3.05) is 18.8 Å². The lowest BCUT2D eigenvalue weighted by molar-refractivity contribution is 0.0681. The fourth-order valence-corrected chi connectivity index (χ4v) is 5.18. The van der Waals surface area contributed by atoms with Crippen LogP contribution in [0.3, 0.4) is 0 Å². The average molecular weight is 517 g/mol. The van der Waals surface area contributed by atoms with E-state index < -0.39 is 5.97 Å². The molecule has 1 fully saturated rings. The molecule has 39 heavy (non-hydrogen) atoms. The third-order valence-electron chi connectivity index (χ3n) is 7.10. The Morgan fingerprint density at radius 2 is 1.31 bits per heavy atom. The number of anilines is 1. The van der Waals surface area contributed by atoms with E-state index in [-0.39, 0.29) is 23.5 Å². The second-order valence-corrected chi connectivity index (χ2v) is 9.63. The lowest BCUT2D eigenvalue weighted by Gasteiger charge is -2.45. The molecule has 7 heteroatoms. The number of aromatic nitrogens is 2. The molecule has 0 atom stereocenters. The van der Waals surface area contributed by atoms with Gasteiger partial charge < -0.3 is 15.6 Å². The fourth-order valence-electron chi connectivity index (χ4n) is 5.18. The SMILES string of the molecule is Nc1c(C(=O)O)c(-c2ccc(Oc3ccccc3)cc2)nn1C1CN(C(c2ccccc2)c2ccccc2)C1. The number of hydrogen-bond donors (Lipinski definition) is 2. The van der Waals surface area contributed by atoms with E-state index in [0.29, 0.717) is 30.1 Å². The molecule has 0 spiro atoms. The monoisotopic (exact) mass is 516 g/mol. The van der Waals surface area contributed by atoms with Crippen molar-refractivity contribution in [2.45, 2.75) is 12.1 Å². The zero-order valence-corrected chi connectivity index (χ0v) is 21.2. The Morgan fingerprint density at radius 3 is 1.85 bits per heavy atom. The number of aromatic carboxylic acids is 1. The van der Waals surface area contributed by atoms with Gasteiger partial charge in [-0.2, -0.15) is 5.10 Å². The summed E-state index contributed by atoms with van der Waals surface area (Å²) in [5.74, 6) is 0.448. The van der Waals surface area contributed by atoms with Gasteiger partial charge in [-0.25, -0.2) is 9.48 Å². The zero-order valence-electron chi connectivity index (χ0n) is 21.2. The molecule has 0 amide bonds. The maximum Gasteiger partial charge on any atom is 0.341 e. The van der Waals surface area contributed by atoms with Crippen LogP contribution in [0.2, 0.25) is 0 Å². The van der Waals surface area contributed by atoms with E-state index in [4.69, 9.17) is 15.6 Å². The largest absolute Gasteiger partial charge is 0.477 e. The van der Waals surface area contributed by atoms with Gasteiger partial charge in [-0.15, -0.1) is 0 Å². The van der Waals surface area contributed by atoms with Crippen LogP contribution in [0.25, 0.3) is 11.3 Å². The Morgan fingerprint density at radius 1 is 0.795 bits per heavy atom. The summed E-state index contributed by atoms with van der Waals surface area (Å²) in [6.07, 6.45) is 0. The summed E-state index contributed by atoms with van der Waals surface area (Å²) in [6, 6.07) is 37.6. The zero-order chi connectivity index (χ0) is 26.8. The third-order valence-corrected chi connectivity index (χ3v) is 7.10. The van der Waals surface area contributed by atoms with Crippen LogP contribution in [0.5, 0.6) is 11.5 Å². The molecular formula is C32H28N4O3. The fraction of sp³-hybridized carbons (Fsp3) is 0.125. The van der Waals surface area contributed by atoms with Crippen molar-refractivity contribution in [3.05, 3.63) is 132 Å². The van der Waals surface area contributed by atoms with E-state index in [1.165, 1.54) is 11.1 Å². The summed E-state index contributed by atoms with van der Waals surface area (Å²) < 4.78 is 7.55. The number of ether oxygens (including phenoxy) is 1.